The molecular weight excluding hydrogens is 398 g/mol. The standard InChI is InChI=1S/C23H39N3O3S/c1-2-22(27)20-10-12-25(13-11-20)16-21-14-24-23(30(28,29)17-19-8-9-19)26(21)15-18-6-4-3-5-7-18/h14,18-20,22,27H,2-13,15-17H2,1H3. The van der Waals surface area contributed by atoms with Gasteiger partial charge in [0.2, 0.25) is 15.0 Å². The maximum Gasteiger partial charge on any atom is 0.227 e. The summed E-state index contributed by atoms with van der Waals surface area (Å²) < 4.78 is 28.2. The molecule has 1 N–H and O–H groups in total. The fourth-order valence-corrected chi connectivity index (χ4v) is 7.16. The van der Waals surface area contributed by atoms with Crippen molar-refractivity contribution in [3.05, 3.63) is 11.9 Å². The summed E-state index contributed by atoms with van der Waals surface area (Å²) in [5.41, 5.74) is 1.05. The summed E-state index contributed by atoms with van der Waals surface area (Å²) in [5, 5.41) is 10.5. The quantitative estimate of drug-likeness (QED) is 0.638. The Balaban J connectivity index is 1.49. The minimum atomic E-state index is -3.32. The number of hydrogen-bond acceptors (Lipinski definition) is 5. The van der Waals surface area contributed by atoms with Crippen LogP contribution in [0.5, 0.6) is 0 Å². The number of aromatic nitrogens is 2. The van der Waals surface area contributed by atoms with E-state index in [0.29, 0.717) is 22.9 Å². The monoisotopic (exact) mass is 437 g/mol. The van der Waals surface area contributed by atoms with E-state index < -0.39 is 9.84 Å². The lowest BCUT2D eigenvalue weighted by Gasteiger charge is -2.34. The summed E-state index contributed by atoms with van der Waals surface area (Å²) in [7, 11) is -3.32. The van der Waals surface area contributed by atoms with Crippen LogP contribution < -0.4 is 0 Å². The van der Waals surface area contributed by atoms with Crippen molar-refractivity contribution in [1.29, 1.82) is 0 Å². The molecule has 0 spiro atoms. The average Bonchev–Trinajstić information content (AvgIpc) is 3.47. The van der Waals surface area contributed by atoms with Crippen LogP contribution in [0.25, 0.3) is 0 Å². The Bertz CT molecular complexity index is 789. The first kappa shape index (κ1) is 22.3. The van der Waals surface area contributed by atoms with E-state index in [1.165, 1.54) is 32.1 Å². The van der Waals surface area contributed by atoms with Crippen LogP contribution in [0.1, 0.15) is 76.8 Å². The molecule has 30 heavy (non-hydrogen) atoms. The number of aliphatic hydroxyl groups is 1. The van der Waals surface area contributed by atoms with Crippen LogP contribution in [0.4, 0.5) is 0 Å². The second-order valence-corrected chi connectivity index (χ2v) is 11.9. The van der Waals surface area contributed by atoms with Crippen molar-refractivity contribution in [2.24, 2.45) is 17.8 Å². The van der Waals surface area contributed by atoms with Crippen LogP contribution in [0.2, 0.25) is 0 Å². The average molecular weight is 438 g/mol. The van der Waals surface area contributed by atoms with Gasteiger partial charge in [-0.05, 0) is 75.8 Å². The maximum absolute atomic E-state index is 13.1. The summed E-state index contributed by atoms with van der Waals surface area (Å²) in [5.74, 6) is 1.55. The molecule has 0 aromatic carbocycles. The van der Waals surface area contributed by atoms with Crippen molar-refractivity contribution < 1.29 is 13.5 Å². The van der Waals surface area contributed by atoms with Crippen LogP contribution in [0.15, 0.2) is 11.4 Å². The Hall–Kier alpha value is -0.920. The molecule has 170 valence electrons. The summed E-state index contributed by atoms with van der Waals surface area (Å²) >= 11 is 0. The van der Waals surface area contributed by atoms with E-state index >= 15 is 0 Å². The van der Waals surface area contributed by atoms with Crippen molar-refractivity contribution in [3.8, 4) is 0 Å². The van der Waals surface area contributed by atoms with Crippen LogP contribution in [-0.4, -0.2) is 52.9 Å². The third kappa shape index (κ3) is 5.46. The van der Waals surface area contributed by atoms with Gasteiger partial charge in [0.1, 0.15) is 0 Å². The van der Waals surface area contributed by atoms with Crippen molar-refractivity contribution in [2.75, 3.05) is 18.8 Å². The normalized spacial score (nSPS) is 23.7. The van der Waals surface area contributed by atoms with E-state index in [4.69, 9.17) is 0 Å². The third-order valence-electron chi connectivity index (χ3n) is 7.48. The van der Waals surface area contributed by atoms with Gasteiger partial charge in [0.15, 0.2) is 0 Å². The molecule has 0 amide bonds. The third-order valence-corrected chi connectivity index (χ3v) is 9.27. The maximum atomic E-state index is 13.1. The SMILES string of the molecule is CCC(O)C1CCN(Cc2cnc(S(=O)(=O)CC3CC3)n2CC2CCCCC2)CC1. The number of piperidine rings is 1. The van der Waals surface area contributed by atoms with Crippen molar-refractivity contribution >= 4 is 9.84 Å². The predicted molar refractivity (Wildman–Crippen MR) is 118 cm³/mol. The van der Waals surface area contributed by atoms with Gasteiger partial charge in [0.05, 0.1) is 23.7 Å². The molecule has 1 saturated heterocycles. The number of nitrogens with zero attached hydrogens (tertiary/aromatic N) is 3. The van der Waals surface area contributed by atoms with Gasteiger partial charge < -0.3 is 9.67 Å². The van der Waals surface area contributed by atoms with E-state index in [1.807, 2.05) is 13.1 Å². The molecule has 1 aliphatic heterocycles. The molecule has 7 heteroatoms. The minimum absolute atomic E-state index is 0.192. The molecular formula is C23H39N3O3S. The zero-order chi connectivity index (χ0) is 21.1. The first-order valence-corrected chi connectivity index (χ1v) is 13.8. The Morgan fingerprint density at radius 2 is 1.77 bits per heavy atom. The fraction of sp³-hybridized carbons (Fsp3) is 0.870. The van der Waals surface area contributed by atoms with Gasteiger partial charge in [-0.25, -0.2) is 13.4 Å². The molecule has 2 heterocycles. The van der Waals surface area contributed by atoms with Crippen LogP contribution in [0.3, 0.4) is 0 Å². The summed E-state index contributed by atoms with van der Waals surface area (Å²) in [6, 6.07) is 0. The Morgan fingerprint density at radius 1 is 1.07 bits per heavy atom. The second kappa shape index (κ2) is 9.70. The van der Waals surface area contributed by atoms with E-state index in [9.17, 15) is 13.5 Å². The topological polar surface area (TPSA) is 75.4 Å². The molecule has 1 unspecified atom stereocenters. The number of aliphatic hydroxyl groups excluding tert-OH is 1. The van der Waals surface area contributed by atoms with E-state index in [2.05, 4.69) is 14.5 Å². The minimum Gasteiger partial charge on any atom is -0.393 e. The highest BCUT2D eigenvalue weighted by molar-refractivity contribution is 7.91. The lowest BCUT2D eigenvalue weighted by atomic mass is 9.89. The highest BCUT2D eigenvalue weighted by atomic mass is 32.2. The molecule has 2 saturated carbocycles. The van der Waals surface area contributed by atoms with Crippen molar-refractivity contribution in [3.63, 3.8) is 0 Å². The molecule has 4 rings (SSSR count). The molecule has 1 aromatic rings. The zero-order valence-corrected chi connectivity index (χ0v) is 19.3. The van der Waals surface area contributed by atoms with E-state index in [0.717, 1.165) is 64.0 Å². The lowest BCUT2D eigenvalue weighted by molar-refractivity contribution is 0.0542. The van der Waals surface area contributed by atoms with Crippen LogP contribution in [-0.2, 0) is 22.9 Å². The fourth-order valence-electron chi connectivity index (χ4n) is 5.32. The summed E-state index contributed by atoms with van der Waals surface area (Å²) in [6.07, 6.45) is 12.7. The molecule has 0 radical (unpaired) electrons. The molecule has 6 nitrogen and oxygen atoms in total. The van der Waals surface area contributed by atoms with Gasteiger partial charge in [-0.15, -0.1) is 0 Å². The Kier molecular flexibility index (Phi) is 7.20. The summed E-state index contributed by atoms with van der Waals surface area (Å²) in [4.78, 5) is 6.87. The largest absolute Gasteiger partial charge is 0.393 e. The molecule has 3 fully saturated rings. The number of rotatable bonds is 9. The predicted octanol–water partition coefficient (Wildman–Crippen LogP) is 3.63. The first-order valence-electron chi connectivity index (χ1n) is 12.1. The lowest BCUT2D eigenvalue weighted by Crippen LogP contribution is -2.37. The molecule has 1 atom stereocenters. The van der Waals surface area contributed by atoms with E-state index in [-0.39, 0.29) is 11.9 Å². The second-order valence-electron chi connectivity index (χ2n) is 9.96. The smallest absolute Gasteiger partial charge is 0.227 e. The number of likely N-dealkylation sites (tertiary alicyclic amines) is 1. The number of imidazole rings is 1. The van der Waals surface area contributed by atoms with Crippen LogP contribution >= 0.6 is 0 Å². The number of hydrogen-bond donors (Lipinski definition) is 1. The van der Waals surface area contributed by atoms with E-state index in [1.54, 1.807) is 0 Å². The van der Waals surface area contributed by atoms with Crippen LogP contribution in [0, 0.1) is 17.8 Å². The Labute approximate surface area is 182 Å². The molecule has 2 aliphatic carbocycles. The van der Waals surface area contributed by atoms with Gasteiger partial charge in [-0.3, -0.25) is 4.90 Å². The van der Waals surface area contributed by atoms with Gasteiger partial charge >= 0.3 is 0 Å². The van der Waals surface area contributed by atoms with Gasteiger partial charge in [0, 0.05) is 13.1 Å². The van der Waals surface area contributed by atoms with Crippen molar-refractivity contribution in [1.82, 2.24) is 14.5 Å². The van der Waals surface area contributed by atoms with Gasteiger partial charge in [-0.1, -0.05) is 26.2 Å². The number of sulfone groups is 1. The molecule has 1 aromatic heterocycles. The first-order chi connectivity index (χ1) is 14.5. The highest BCUT2D eigenvalue weighted by Gasteiger charge is 2.33. The molecule has 0 bridgehead atoms. The Morgan fingerprint density at radius 3 is 2.40 bits per heavy atom. The van der Waals surface area contributed by atoms with Gasteiger partial charge in [0.25, 0.3) is 0 Å². The molecule has 3 aliphatic rings. The summed E-state index contributed by atoms with van der Waals surface area (Å²) in [6.45, 7) is 5.51. The zero-order valence-electron chi connectivity index (χ0n) is 18.5. The highest BCUT2D eigenvalue weighted by Crippen LogP contribution is 2.33. The van der Waals surface area contributed by atoms with Crippen molar-refractivity contribution in [2.45, 2.75) is 95.5 Å². The van der Waals surface area contributed by atoms with Gasteiger partial charge in [-0.2, -0.15) is 0 Å².